The van der Waals surface area contributed by atoms with Crippen LogP contribution >= 0.6 is 0 Å². The van der Waals surface area contributed by atoms with Crippen LogP contribution in [-0.2, 0) is 37.9 Å². The maximum absolute atomic E-state index is 5.16. The monoisotopic (exact) mass is 356 g/mol. The van der Waals surface area contributed by atoms with Gasteiger partial charge in [-0.25, -0.2) is 0 Å². The van der Waals surface area contributed by atoms with Crippen LogP contribution in [0.2, 0.25) is 0 Å². The summed E-state index contributed by atoms with van der Waals surface area (Å²) in [5.41, 5.74) is 0. The first-order chi connectivity index (χ1) is 11.8. The van der Waals surface area contributed by atoms with Crippen LogP contribution in [-0.4, -0.2) is 108 Å². The Morgan fingerprint density at radius 3 is 0.625 bits per heavy atom. The minimum atomic E-state index is 0.618. The van der Waals surface area contributed by atoms with Gasteiger partial charge in [0.1, 0.15) is 0 Å². The minimum Gasteiger partial charge on any atom is -0.382 e. The van der Waals surface area contributed by atoms with Crippen molar-refractivity contribution in [2.24, 2.45) is 0 Å². The second-order valence-corrected chi connectivity index (χ2v) is 4.42. The van der Waals surface area contributed by atoms with Gasteiger partial charge in [0.2, 0.25) is 0 Å². The van der Waals surface area contributed by atoms with Crippen LogP contribution < -0.4 is 0 Å². The van der Waals surface area contributed by atoms with Gasteiger partial charge in [-0.15, -0.1) is 0 Å². The molecule has 0 bridgehead atoms. The van der Waals surface area contributed by atoms with Gasteiger partial charge in [-0.3, -0.25) is 0 Å². The molecule has 0 aliphatic rings. The molecule has 0 spiro atoms. The van der Waals surface area contributed by atoms with Gasteiger partial charge in [-0.1, -0.05) is 0 Å². The zero-order valence-corrected chi connectivity index (χ0v) is 15.8. The third-order valence-electron chi connectivity index (χ3n) is 2.47. The fourth-order valence-corrected chi connectivity index (χ4v) is 1.21. The van der Waals surface area contributed by atoms with Crippen molar-refractivity contribution in [2.45, 2.75) is 0 Å². The lowest BCUT2D eigenvalue weighted by Gasteiger charge is -2.04. The third-order valence-corrected chi connectivity index (χ3v) is 2.47. The van der Waals surface area contributed by atoms with E-state index < -0.39 is 0 Å². The lowest BCUT2D eigenvalue weighted by atomic mass is 10.7. The van der Waals surface area contributed by atoms with Crippen LogP contribution in [0.15, 0.2) is 0 Å². The summed E-state index contributed by atoms with van der Waals surface area (Å²) >= 11 is 0. The summed E-state index contributed by atoms with van der Waals surface area (Å²) in [5.74, 6) is 0. The molecule has 0 heterocycles. The van der Waals surface area contributed by atoms with Gasteiger partial charge in [0.25, 0.3) is 0 Å². The average Bonchev–Trinajstić information content (AvgIpc) is 2.60. The van der Waals surface area contributed by atoms with Crippen LogP contribution in [0.4, 0.5) is 0 Å². The van der Waals surface area contributed by atoms with Crippen LogP contribution in [0.25, 0.3) is 0 Å². The van der Waals surface area contributed by atoms with E-state index in [1.165, 1.54) is 0 Å². The van der Waals surface area contributed by atoms with Gasteiger partial charge >= 0.3 is 0 Å². The van der Waals surface area contributed by atoms with Gasteiger partial charge in [0.05, 0.1) is 79.3 Å². The quantitative estimate of drug-likeness (QED) is 0.331. The molecule has 24 heavy (non-hydrogen) atoms. The SMILES string of the molecule is COCCOCCOCCOC.COCCOCCOCCOC. The van der Waals surface area contributed by atoms with E-state index in [-0.39, 0.29) is 0 Å². The molecule has 0 saturated heterocycles. The van der Waals surface area contributed by atoms with Gasteiger partial charge in [-0.2, -0.15) is 0 Å². The second-order valence-electron chi connectivity index (χ2n) is 4.42. The summed E-state index contributed by atoms with van der Waals surface area (Å²) in [6.45, 7) is 7.54. The lowest BCUT2D eigenvalue weighted by Crippen LogP contribution is -2.10. The van der Waals surface area contributed by atoms with Crippen molar-refractivity contribution in [3.8, 4) is 0 Å². The first-order valence-corrected chi connectivity index (χ1v) is 8.10. The Morgan fingerprint density at radius 1 is 0.292 bits per heavy atom. The Hall–Kier alpha value is -0.320. The topological polar surface area (TPSA) is 73.8 Å². The molecule has 148 valence electrons. The summed E-state index contributed by atoms with van der Waals surface area (Å²) in [7, 11) is 6.60. The Kier molecular flexibility index (Phi) is 29.7. The highest BCUT2D eigenvalue weighted by atomic mass is 16.6. The van der Waals surface area contributed by atoms with Crippen molar-refractivity contribution in [3.05, 3.63) is 0 Å². The molecule has 0 aromatic heterocycles. The van der Waals surface area contributed by atoms with E-state index in [0.717, 1.165) is 0 Å². The van der Waals surface area contributed by atoms with Crippen molar-refractivity contribution < 1.29 is 37.9 Å². The summed E-state index contributed by atoms with van der Waals surface area (Å²) in [5, 5.41) is 0. The van der Waals surface area contributed by atoms with Crippen LogP contribution in [0.3, 0.4) is 0 Å². The highest BCUT2D eigenvalue weighted by Gasteiger charge is 1.89. The smallest absolute Gasteiger partial charge is 0.0701 e. The fraction of sp³-hybridized carbons (Fsp3) is 1.00. The Balaban J connectivity index is 0. The van der Waals surface area contributed by atoms with E-state index in [4.69, 9.17) is 37.9 Å². The van der Waals surface area contributed by atoms with Gasteiger partial charge in [0, 0.05) is 28.4 Å². The summed E-state index contributed by atoms with van der Waals surface area (Å²) in [4.78, 5) is 0. The highest BCUT2D eigenvalue weighted by molar-refractivity contribution is 4.33. The molecule has 0 atom stereocenters. The number of ether oxygens (including phenoxy) is 8. The largest absolute Gasteiger partial charge is 0.382 e. The Bertz CT molecular complexity index is 155. The van der Waals surface area contributed by atoms with E-state index in [9.17, 15) is 0 Å². The molecule has 8 nitrogen and oxygen atoms in total. The molecule has 0 unspecified atom stereocenters. The minimum absolute atomic E-state index is 0.618. The first kappa shape index (κ1) is 25.9. The predicted molar refractivity (Wildman–Crippen MR) is 90.8 cm³/mol. The molecule has 0 aromatic rings. The summed E-state index contributed by atoms with van der Waals surface area (Å²) in [6.07, 6.45) is 0. The maximum Gasteiger partial charge on any atom is 0.0701 e. The molecule has 0 aliphatic heterocycles. The van der Waals surface area contributed by atoms with Gasteiger partial charge in [0.15, 0.2) is 0 Å². The second kappa shape index (κ2) is 27.5. The standard InChI is InChI=1S/2C8H18O4/c2*1-9-3-5-11-7-8-12-6-4-10-2/h2*3-8H2,1-2H3. The van der Waals surface area contributed by atoms with Crippen molar-refractivity contribution in [1.82, 2.24) is 0 Å². The Morgan fingerprint density at radius 2 is 0.458 bits per heavy atom. The van der Waals surface area contributed by atoms with Crippen molar-refractivity contribution in [2.75, 3.05) is 108 Å². The lowest BCUT2D eigenvalue weighted by molar-refractivity contribution is 0.0106. The number of rotatable bonds is 18. The summed E-state index contributed by atoms with van der Waals surface area (Å²) in [6, 6.07) is 0. The molecule has 0 radical (unpaired) electrons. The number of hydrogen-bond acceptors (Lipinski definition) is 8. The van der Waals surface area contributed by atoms with Crippen molar-refractivity contribution in [3.63, 3.8) is 0 Å². The van der Waals surface area contributed by atoms with Crippen molar-refractivity contribution >= 4 is 0 Å². The molecule has 0 N–H and O–H groups in total. The highest BCUT2D eigenvalue weighted by Crippen LogP contribution is 1.80. The van der Waals surface area contributed by atoms with E-state index in [0.29, 0.717) is 79.3 Å². The van der Waals surface area contributed by atoms with Crippen LogP contribution in [0.5, 0.6) is 0 Å². The first-order valence-electron chi connectivity index (χ1n) is 8.10. The Labute approximate surface area is 146 Å². The molecule has 0 aliphatic carbocycles. The van der Waals surface area contributed by atoms with Crippen LogP contribution in [0.1, 0.15) is 0 Å². The van der Waals surface area contributed by atoms with E-state index in [1.54, 1.807) is 28.4 Å². The van der Waals surface area contributed by atoms with E-state index in [1.807, 2.05) is 0 Å². The molecule has 0 rings (SSSR count). The van der Waals surface area contributed by atoms with Gasteiger partial charge < -0.3 is 37.9 Å². The number of hydrogen-bond donors (Lipinski definition) is 0. The van der Waals surface area contributed by atoms with Crippen LogP contribution in [0, 0.1) is 0 Å². The summed E-state index contributed by atoms with van der Waals surface area (Å²) < 4.78 is 39.9. The normalized spacial score (nSPS) is 10.5. The molecular weight excluding hydrogens is 320 g/mol. The molecule has 8 heteroatoms. The average molecular weight is 356 g/mol. The third kappa shape index (κ3) is 29.7. The molecule has 0 fully saturated rings. The molecule has 0 aromatic carbocycles. The van der Waals surface area contributed by atoms with Crippen molar-refractivity contribution in [1.29, 1.82) is 0 Å². The van der Waals surface area contributed by atoms with E-state index in [2.05, 4.69) is 0 Å². The zero-order valence-electron chi connectivity index (χ0n) is 15.8. The molecule has 0 amide bonds. The molecule has 0 saturated carbocycles. The van der Waals surface area contributed by atoms with E-state index >= 15 is 0 Å². The predicted octanol–water partition coefficient (Wildman–Crippen LogP) is 0.625. The fourth-order valence-electron chi connectivity index (χ4n) is 1.21. The maximum atomic E-state index is 5.16. The van der Waals surface area contributed by atoms with Gasteiger partial charge in [-0.05, 0) is 0 Å². The molecular formula is C16H36O8. The number of methoxy groups -OCH3 is 4. The zero-order chi connectivity index (χ0) is 18.1.